The van der Waals surface area contributed by atoms with E-state index in [4.69, 9.17) is 4.42 Å². The molecule has 72 valence electrons. The summed E-state index contributed by atoms with van der Waals surface area (Å²) in [4.78, 5) is 14.8. The van der Waals surface area contributed by atoms with E-state index in [1.54, 1.807) is 20.2 Å². The summed E-state index contributed by atoms with van der Waals surface area (Å²) in [5, 5.41) is 5.54. The van der Waals surface area contributed by atoms with Crippen LogP contribution in [0.5, 0.6) is 0 Å². The largest absolute Gasteiger partial charge is 0.447 e. The second-order valence-corrected chi connectivity index (χ2v) is 2.68. The van der Waals surface area contributed by atoms with Crippen molar-refractivity contribution in [3.8, 4) is 0 Å². The highest BCUT2D eigenvalue weighted by Gasteiger charge is 2.09. The number of hydrogen-bond acceptors (Lipinski definition) is 4. The van der Waals surface area contributed by atoms with Gasteiger partial charge in [-0.15, -0.1) is 0 Å². The number of likely N-dealkylation sites (N-methyl/N-ethyl adjacent to an activating group) is 1. The Morgan fingerprint density at radius 3 is 3.08 bits per heavy atom. The van der Waals surface area contributed by atoms with Crippen molar-refractivity contribution in [1.82, 2.24) is 15.6 Å². The van der Waals surface area contributed by atoms with Crippen LogP contribution < -0.4 is 10.6 Å². The van der Waals surface area contributed by atoms with Crippen LogP contribution in [0.3, 0.4) is 0 Å². The van der Waals surface area contributed by atoms with Crippen LogP contribution in [-0.2, 0) is 11.3 Å². The number of oxazole rings is 1. The molecule has 1 unspecified atom stereocenters. The number of hydrogen-bond donors (Lipinski definition) is 2. The van der Waals surface area contributed by atoms with Crippen LogP contribution >= 0.6 is 0 Å². The molecule has 0 aliphatic rings. The lowest BCUT2D eigenvalue weighted by Gasteiger charge is -2.09. The summed E-state index contributed by atoms with van der Waals surface area (Å²) >= 11 is 0. The van der Waals surface area contributed by atoms with E-state index in [1.807, 2.05) is 0 Å². The topological polar surface area (TPSA) is 67.2 Å². The van der Waals surface area contributed by atoms with Crippen LogP contribution in [0, 0.1) is 0 Å². The zero-order chi connectivity index (χ0) is 9.68. The molecule has 0 saturated carbocycles. The fraction of sp³-hybridized carbons (Fsp3) is 0.500. The van der Waals surface area contributed by atoms with Crippen molar-refractivity contribution >= 4 is 5.91 Å². The molecule has 5 heteroatoms. The van der Waals surface area contributed by atoms with Crippen molar-refractivity contribution in [3.05, 3.63) is 18.4 Å². The Bertz CT molecular complexity index is 258. The van der Waals surface area contributed by atoms with Gasteiger partial charge in [0.25, 0.3) is 0 Å². The van der Waals surface area contributed by atoms with Gasteiger partial charge in [0.05, 0.1) is 18.8 Å². The normalized spacial score (nSPS) is 12.5. The lowest BCUT2D eigenvalue weighted by atomic mass is 10.3. The minimum atomic E-state index is -0.227. The van der Waals surface area contributed by atoms with Crippen LogP contribution in [0.15, 0.2) is 17.0 Å². The Labute approximate surface area is 76.5 Å². The first-order valence-electron chi connectivity index (χ1n) is 4.06. The van der Waals surface area contributed by atoms with Crippen molar-refractivity contribution in [2.75, 3.05) is 7.05 Å². The average Bonchev–Trinajstić information content (AvgIpc) is 2.65. The summed E-state index contributed by atoms with van der Waals surface area (Å²) in [5.74, 6) is 0.676. The van der Waals surface area contributed by atoms with Gasteiger partial charge in [0, 0.05) is 7.05 Å². The quantitative estimate of drug-likeness (QED) is 0.684. The van der Waals surface area contributed by atoms with Gasteiger partial charge in [-0.05, 0) is 6.92 Å². The van der Waals surface area contributed by atoms with E-state index in [-0.39, 0.29) is 11.9 Å². The van der Waals surface area contributed by atoms with E-state index in [0.29, 0.717) is 6.54 Å². The van der Waals surface area contributed by atoms with Crippen LogP contribution in [0.25, 0.3) is 0 Å². The Balaban J connectivity index is 2.30. The summed E-state index contributed by atoms with van der Waals surface area (Å²) in [6.07, 6.45) is 2.98. The van der Waals surface area contributed by atoms with E-state index < -0.39 is 0 Å². The number of carbonyl (C=O) groups excluding carboxylic acids is 1. The second kappa shape index (κ2) is 4.61. The number of rotatable bonds is 4. The lowest BCUT2D eigenvalue weighted by molar-refractivity contribution is -0.122. The van der Waals surface area contributed by atoms with Gasteiger partial charge >= 0.3 is 0 Å². The number of aromatic nitrogens is 1. The fourth-order valence-corrected chi connectivity index (χ4v) is 0.892. The summed E-state index contributed by atoms with van der Waals surface area (Å²) in [7, 11) is 1.61. The molecule has 1 rings (SSSR count). The van der Waals surface area contributed by atoms with E-state index in [0.717, 1.165) is 5.76 Å². The third-order valence-corrected chi connectivity index (χ3v) is 1.71. The molecule has 5 nitrogen and oxygen atoms in total. The monoisotopic (exact) mass is 183 g/mol. The standard InChI is InChI=1S/C8H13N3O2/c1-6(8(12)9-2)11-4-7-3-10-5-13-7/h3,5-6,11H,4H2,1-2H3,(H,9,12). The third-order valence-electron chi connectivity index (χ3n) is 1.71. The maximum atomic E-state index is 11.1. The SMILES string of the molecule is CNC(=O)C(C)NCc1cnco1. The molecule has 0 radical (unpaired) electrons. The molecule has 13 heavy (non-hydrogen) atoms. The highest BCUT2D eigenvalue weighted by Crippen LogP contribution is 1.95. The van der Waals surface area contributed by atoms with Crippen LogP contribution in [0.4, 0.5) is 0 Å². The molecular formula is C8H13N3O2. The van der Waals surface area contributed by atoms with E-state index >= 15 is 0 Å². The molecule has 0 aliphatic heterocycles. The Kier molecular flexibility index (Phi) is 3.45. The fourth-order valence-electron chi connectivity index (χ4n) is 0.892. The Morgan fingerprint density at radius 2 is 2.54 bits per heavy atom. The molecule has 1 aromatic heterocycles. The summed E-state index contributed by atoms with van der Waals surface area (Å²) in [5.41, 5.74) is 0. The van der Waals surface area contributed by atoms with Gasteiger partial charge in [-0.1, -0.05) is 0 Å². The molecule has 1 amide bonds. The predicted molar refractivity (Wildman–Crippen MR) is 46.9 cm³/mol. The summed E-state index contributed by atoms with van der Waals surface area (Å²) < 4.78 is 4.99. The predicted octanol–water partition coefficient (Wildman–Crippen LogP) is -0.101. The average molecular weight is 183 g/mol. The van der Waals surface area contributed by atoms with Gasteiger partial charge in [-0.3, -0.25) is 10.1 Å². The van der Waals surface area contributed by atoms with Crippen molar-refractivity contribution in [1.29, 1.82) is 0 Å². The first-order valence-corrected chi connectivity index (χ1v) is 4.06. The van der Waals surface area contributed by atoms with Crippen molar-refractivity contribution in [2.45, 2.75) is 19.5 Å². The smallest absolute Gasteiger partial charge is 0.236 e. The van der Waals surface area contributed by atoms with Crippen LogP contribution in [0.2, 0.25) is 0 Å². The van der Waals surface area contributed by atoms with Crippen LogP contribution in [0.1, 0.15) is 12.7 Å². The molecule has 0 saturated heterocycles. The van der Waals surface area contributed by atoms with Gasteiger partial charge in [-0.2, -0.15) is 0 Å². The Hall–Kier alpha value is -1.36. The van der Waals surface area contributed by atoms with Gasteiger partial charge in [-0.25, -0.2) is 4.98 Å². The first-order chi connectivity index (χ1) is 6.24. The summed E-state index contributed by atoms with van der Waals surface area (Å²) in [6.45, 7) is 2.30. The minimum Gasteiger partial charge on any atom is -0.447 e. The van der Waals surface area contributed by atoms with Gasteiger partial charge in [0.15, 0.2) is 6.39 Å². The third kappa shape index (κ3) is 2.87. The van der Waals surface area contributed by atoms with Crippen molar-refractivity contribution in [2.24, 2.45) is 0 Å². The zero-order valence-electron chi connectivity index (χ0n) is 7.70. The maximum absolute atomic E-state index is 11.1. The van der Waals surface area contributed by atoms with Gasteiger partial charge < -0.3 is 9.73 Å². The zero-order valence-corrected chi connectivity index (χ0v) is 7.70. The molecule has 1 aromatic rings. The first kappa shape index (κ1) is 9.73. The minimum absolute atomic E-state index is 0.0421. The molecule has 1 heterocycles. The molecular weight excluding hydrogens is 170 g/mol. The Morgan fingerprint density at radius 1 is 1.77 bits per heavy atom. The highest BCUT2D eigenvalue weighted by atomic mass is 16.3. The van der Waals surface area contributed by atoms with Crippen molar-refractivity contribution in [3.63, 3.8) is 0 Å². The highest BCUT2D eigenvalue weighted by molar-refractivity contribution is 5.80. The van der Waals surface area contributed by atoms with E-state index in [2.05, 4.69) is 15.6 Å². The molecule has 1 atom stereocenters. The second-order valence-electron chi connectivity index (χ2n) is 2.68. The van der Waals surface area contributed by atoms with E-state index in [9.17, 15) is 4.79 Å². The maximum Gasteiger partial charge on any atom is 0.236 e. The number of nitrogens with zero attached hydrogens (tertiary/aromatic N) is 1. The molecule has 0 aromatic carbocycles. The molecule has 0 bridgehead atoms. The molecule has 0 aliphatic carbocycles. The number of nitrogens with one attached hydrogen (secondary N) is 2. The van der Waals surface area contributed by atoms with Gasteiger partial charge in [0.2, 0.25) is 5.91 Å². The van der Waals surface area contributed by atoms with Crippen molar-refractivity contribution < 1.29 is 9.21 Å². The lowest BCUT2D eigenvalue weighted by Crippen LogP contribution is -2.40. The number of carbonyl (C=O) groups is 1. The molecule has 0 fully saturated rings. The molecule has 2 N–H and O–H groups in total. The number of amides is 1. The van der Waals surface area contributed by atoms with Crippen LogP contribution in [-0.4, -0.2) is 24.0 Å². The van der Waals surface area contributed by atoms with E-state index in [1.165, 1.54) is 6.39 Å². The van der Waals surface area contributed by atoms with Gasteiger partial charge in [0.1, 0.15) is 5.76 Å². The summed E-state index contributed by atoms with van der Waals surface area (Å²) in [6, 6.07) is -0.227. The molecule has 0 spiro atoms.